The Hall–Kier alpha value is -5.18. The first-order valence-corrected chi connectivity index (χ1v) is 44.7. The fourth-order valence-corrected chi connectivity index (χ4v) is 25.3. The van der Waals surface area contributed by atoms with Gasteiger partial charge in [-0.15, -0.1) is 0 Å². The number of hydroxylamine groups is 12. The fraction of sp³-hybridized carbons (Fsp3) is 0.849. The second kappa shape index (κ2) is 34.4. The highest BCUT2D eigenvalue weighted by atomic mass is 16.7. The first-order chi connectivity index (χ1) is 55.4. The van der Waals surface area contributed by atoms with Gasteiger partial charge in [0.25, 0.3) is 0 Å². The lowest BCUT2D eigenvalue weighted by molar-refractivity contribution is -0.311. The van der Waals surface area contributed by atoms with Crippen LogP contribution in [0.15, 0.2) is 35.9 Å². The molecule has 11 rings (SSSR count). The van der Waals surface area contributed by atoms with E-state index in [2.05, 4.69) is 279 Å². The van der Waals surface area contributed by atoms with Gasteiger partial charge in [-0.3, -0.25) is 39.0 Å². The number of nitrogens with zero attached hydrogens (tertiary/aromatic N) is 14. The van der Waals surface area contributed by atoms with Gasteiger partial charge in [-0.1, -0.05) is 113 Å². The molecule has 0 saturated carbocycles. The van der Waals surface area contributed by atoms with E-state index >= 15 is 0 Å². The molecule has 0 spiro atoms. The van der Waals surface area contributed by atoms with Crippen LogP contribution in [-0.4, -0.2) is 298 Å². The number of piperidine rings is 6. The van der Waals surface area contributed by atoms with Gasteiger partial charge in [-0.2, -0.15) is 30.4 Å². The summed E-state index contributed by atoms with van der Waals surface area (Å²) in [5.74, 6) is -0.319. The number of carbonyl (C=O) groups is 6. The molecule has 0 N–H and O–H groups in total. The van der Waals surface area contributed by atoms with Crippen LogP contribution < -0.4 is 0 Å². The van der Waals surface area contributed by atoms with Crippen LogP contribution in [0.2, 0.25) is 0 Å². The number of benzene rings is 1. The molecule has 10 fully saturated rings. The lowest BCUT2D eigenvalue weighted by atomic mass is 9.65. The van der Waals surface area contributed by atoms with E-state index in [1.54, 1.807) is 48.7 Å². The van der Waals surface area contributed by atoms with Gasteiger partial charge < -0.3 is 48.3 Å². The van der Waals surface area contributed by atoms with Crippen molar-refractivity contribution in [3.8, 4) is 0 Å². The van der Waals surface area contributed by atoms with Gasteiger partial charge in [-0.25, -0.2) is 19.2 Å². The van der Waals surface area contributed by atoms with Crippen molar-refractivity contribution in [1.82, 2.24) is 69.6 Å². The Balaban J connectivity index is 0.000000208. The van der Waals surface area contributed by atoms with Crippen molar-refractivity contribution < 1.29 is 67.3 Å². The highest BCUT2D eigenvalue weighted by Gasteiger charge is 2.69. The summed E-state index contributed by atoms with van der Waals surface area (Å²) in [5.41, 5.74) is -3.33. The third-order valence-electron chi connectivity index (χ3n) is 34.9. The molecule has 28 heteroatoms. The third-order valence-corrected chi connectivity index (χ3v) is 34.9. The number of urea groups is 2. The van der Waals surface area contributed by atoms with Crippen molar-refractivity contribution in [3.05, 3.63) is 41.5 Å². The maximum atomic E-state index is 14.3. The zero-order chi connectivity index (χ0) is 91.9. The molecule has 12 unspecified atom stereocenters. The number of hydrogen-bond acceptors (Lipinski definition) is 22. The molecule has 12 atom stereocenters. The topological polar surface area (TPSA) is 222 Å². The maximum Gasteiger partial charge on any atom is 0.345 e. The molecule has 28 nitrogen and oxygen atoms in total. The Labute approximate surface area is 729 Å². The molecule has 0 aliphatic carbocycles. The van der Waals surface area contributed by atoms with Crippen LogP contribution in [0.5, 0.6) is 0 Å². The second-order valence-electron chi connectivity index (χ2n) is 44.2. The number of hydrogen-bond donors (Lipinski definition) is 0. The Bertz CT molecular complexity index is 3500. The Morgan fingerprint density at radius 3 is 0.752 bits per heavy atom. The minimum atomic E-state index is -0.682. The molecular weight excluding hydrogens is 1540 g/mol. The summed E-state index contributed by atoms with van der Waals surface area (Å²) in [6.07, 6.45) is 2.02. The minimum Gasteiger partial charge on any atom is -0.458 e. The second-order valence-corrected chi connectivity index (χ2v) is 44.2. The summed E-state index contributed by atoms with van der Waals surface area (Å²) in [7, 11) is 10.3. The Morgan fingerprint density at radius 1 is 0.339 bits per heavy atom. The number of amides is 6. The Morgan fingerprint density at radius 2 is 0.545 bits per heavy atom. The first-order valence-electron chi connectivity index (χ1n) is 44.7. The van der Waals surface area contributed by atoms with Crippen LogP contribution in [0.1, 0.15) is 255 Å². The van der Waals surface area contributed by atoms with E-state index in [0.717, 1.165) is 12.8 Å². The molecule has 6 amide bonds. The van der Waals surface area contributed by atoms with Gasteiger partial charge in [-0.05, 0) is 225 Å². The van der Waals surface area contributed by atoms with Crippen molar-refractivity contribution >= 4 is 42.9 Å². The van der Waals surface area contributed by atoms with Crippen molar-refractivity contribution in [2.75, 3.05) is 76.0 Å². The van der Waals surface area contributed by atoms with Gasteiger partial charge in [0.2, 0.25) is 12.8 Å². The van der Waals surface area contributed by atoms with Crippen molar-refractivity contribution in [2.24, 2.45) is 71.0 Å². The molecule has 690 valence electrons. The maximum absolute atomic E-state index is 14.3. The summed E-state index contributed by atoms with van der Waals surface area (Å²) >= 11 is 0. The summed E-state index contributed by atoms with van der Waals surface area (Å²) in [6.45, 7) is 80.4. The van der Waals surface area contributed by atoms with Gasteiger partial charge in [0.05, 0.1) is 76.0 Å². The van der Waals surface area contributed by atoms with E-state index in [-0.39, 0.29) is 176 Å². The molecule has 0 aromatic heterocycles. The number of rotatable bonds is 19. The van der Waals surface area contributed by atoms with Crippen LogP contribution in [-0.2, 0) is 57.7 Å². The van der Waals surface area contributed by atoms with E-state index in [1.165, 1.54) is 0 Å². The molecule has 121 heavy (non-hydrogen) atoms. The van der Waals surface area contributed by atoms with Crippen molar-refractivity contribution in [2.45, 2.75) is 364 Å². The van der Waals surface area contributed by atoms with Gasteiger partial charge in [0.1, 0.15) is 17.8 Å². The fourth-order valence-electron chi connectivity index (χ4n) is 25.3. The van der Waals surface area contributed by atoms with Crippen LogP contribution in [0.4, 0.5) is 9.59 Å². The molecule has 10 heterocycles. The summed E-state index contributed by atoms with van der Waals surface area (Å²) in [4.78, 5) is 134. The monoisotopic (exact) mass is 1700 g/mol. The summed E-state index contributed by atoms with van der Waals surface area (Å²) in [6, 6.07) is 9.58. The minimum absolute atomic E-state index is 0.0261. The average Bonchev–Trinajstić information content (AvgIpc) is 1.52. The quantitative estimate of drug-likeness (QED) is 0.0314. The summed E-state index contributed by atoms with van der Waals surface area (Å²) < 4.78 is 12.6. The van der Waals surface area contributed by atoms with E-state index < -0.39 is 46.3 Å². The van der Waals surface area contributed by atoms with Crippen molar-refractivity contribution in [3.63, 3.8) is 0 Å². The highest BCUT2D eigenvalue weighted by molar-refractivity contribution is 6.17. The zero-order valence-electron chi connectivity index (χ0n) is 82.7. The zero-order valence-corrected chi connectivity index (χ0v) is 82.7. The van der Waals surface area contributed by atoms with E-state index in [0.29, 0.717) is 32.2 Å². The first kappa shape index (κ1) is 99.6. The van der Waals surface area contributed by atoms with E-state index in [4.69, 9.17) is 38.5 Å². The number of ether oxygens (including phenoxy) is 2. The predicted molar refractivity (Wildman–Crippen MR) is 471 cm³/mol. The normalized spacial score (nSPS) is 36.0. The molecule has 1 aromatic carbocycles. The molecule has 0 bridgehead atoms. The SMILES string of the molecule is CON1C(C)(C)C(C)C(N(C=O)CN(C=O)C2C(C)C(C)(C)N(OC)C(C)(C)C2C)C(C)C1(C)C.CON1C(C)(C)C(C)C(N2CN3C(=O)N4CN(C5C(C)C(C)(C)N(OC)C(C)(C)C5C)CN5C(=O)N(C2)C3C45)C(C)C1(C)C.CON1C(C)(C)C(C)C(OC(=O)C(=Cc2ccccc2)C(=O)OC2C(C)C(C)(C)N(OC)C(C)(C)C2C)C(C)C1(C)C. The smallest absolute Gasteiger partial charge is 0.345 e. The molecular formula is C93H164N14O14. The van der Waals surface area contributed by atoms with E-state index in [1.807, 2.05) is 69.9 Å². The number of esters is 2. The molecule has 10 aliphatic rings. The molecule has 10 saturated heterocycles. The lowest BCUT2D eigenvalue weighted by Crippen LogP contribution is -2.74. The van der Waals surface area contributed by atoms with Crippen LogP contribution in [0.3, 0.4) is 0 Å². The van der Waals surface area contributed by atoms with Crippen LogP contribution >= 0.6 is 0 Å². The van der Waals surface area contributed by atoms with Crippen molar-refractivity contribution in [1.29, 1.82) is 0 Å². The van der Waals surface area contributed by atoms with Gasteiger partial charge in [0.15, 0.2) is 12.3 Å². The standard InChI is InChI=1S/C34H54N2O6.C32H58N8O4.C27H52N4O4/c1-21-27(22(2)32(7,8)35(39-13)31(21,5)6)41-29(37)26(20-25-18-16-15-17-19-25)30(38)42-28-23(3)33(9,10)36(40-14)34(11,12)24(28)4;1-19-23(20(2)30(7,8)39(43-13)29(19,5)6)33-15-35-25-26-37(27(35)41)17-34(18-38(26)28(42)36(25)16-33)24-21(3)31(9,10)40(44-14)32(11,12)22(24)4;1-18-22(19(2)25(7,8)30(34-13)24(18,5)6)28(16-32)15-29(17-33)23-20(3)26(9,10)31(35-14)27(11,12)21(23)4/h15-24,27-28H,1-14H3;19-26H,15-18H2,1-14H3;16-23H,15H2,1-14H3. The van der Waals surface area contributed by atoms with Gasteiger partial charge in [0, 0.05) is 114 Å². The van der Waals surface area contributed by atoms with E-state index in [9.17, 15) is 28.8 Å². The molecule has 0 radical (unpaired) electrons. The lowest BCUT2D eigenvalue weighted by Gasteiger charge is -2.63. The van der Waals surface area contributed by atoms with Crippen LogP contribution in [0, 0.1) is 71.0 Å². The number of carbonyl (C=O) groups excluding carboxylic acids is 6. The predicted octanol–water partition coefficient (Wildman–Crippen LogP) is 14.0. The van der Waals surface area contributed by atoms with Crippen LogP contribution in [0.25, 0.3) is 6.08 Å². The molecule has 1 aromatic rings. The van der Waals surface area contributed by atoms with Gasteiger partial charge >= 0.3 is 24.0 Å². The molecule has 10 aliphatic heterocycles. The highest BCUT2D eigenvalue weighted by Crippen LogP contribution is 2.56. The third kappa shape index (κ3) is 15.9. The largest absolute Gasteiger partial charge is 0.458 e. The Kier molecular flexibility index (Phi) is 28.3. The average molecular weight is 1700 g/mol. The summed E-state index contributed by atoms with van der Waals surface area (Å²) in [5, 5.41) is 12.4.